The van der Waals surface area contributed by atoms with Crippen molar-refractivity contribution in [2.45, 2.75) is 44.3 Å². The molecule has 2 unspecified atom stereocenters. The summed E-state index contributed by atoms with van der Waals surface area (Å²) in [6.07, 6.45) is 5.40. The average molecular weight is 299 g/mol. The Hall–Kier alpha value is -1.07. The van der Waals surface area contributed by atoms with Gasteiger partial charge in [-0.05, 0) is 18.4 Å². The molecule has 0 amide bonds. The Morgan fingerprint density at radius 1 is 1.00 bits per heavy atom. The van der Waals surface area contributed by atoms with Crippen LogP contribution in [0.1, 0.15) is 43.8 Å². The van der Waals surface area contributed by atoms with E-state index in [4.69, 9.17) is 4.74 Å². The average Bonchev–Trinajstić information content (AvgIpc) is 2.96. The van der Waals surface area contributed by atoms with E-state index in [9.17, 15) is 13.2 Å². The fraction of sp³-hybridized carbons (Fsp3) is 0.625. The van der Waals surface area contributed by atoms with Gasteiger partial charge in [0.25, 0.3) is 0 Å². The quantitative estimate of drug-likeness (QED) is 0.859. The van der Waals surface area contributed by atoms with Crippen molar-refractivity contribution >= 4 is 0 Å². The molecule has 1 heterocycles. The van der Waals surface area contributed by atoms with E-state index in [1.54, 1.807) is 0 Å². The first kappa shape index (κ1) is 14.9. The summed E-state index contributed by atoms with van der Waals surface area (Å²) in [4.78, 5) is 0. The van der Waals surface area contributed by atoms with Gasteiger partial charge in [-0.25, -0.2) is 13.2 Å². The minimum absolute atomic E-state index is 0.0133. The summed E-state index contributed by atoms with van der Waals surface area (Å²) < 4.78 is 46.1. The minimum atomic E-state index is -1.16. The molecule has 2 fully saturated rings. The second-order valence-electron chi connectivity index (χ2n) is 6.08. The highest BCUT2D eigenvalue weighted by Crippen LogP contribution is 2.32. The number of hydrogen-bond acceptors (Lipinski definition) is 2. The number of hydrogen-bond donors (Lipinski definition) is 1. The molecule has 116 valence electrons. The second-order valence-corrected chi connectivity index (χ2v) is 6.08. The molecule has 3 rings (SSSR count). The molecule has 2 nitrogen and oxygen atoms in total. The van der Waals surface area contributed by atoms with Crippen LogP contribution in [0.4, 0.5) is 13.2 Å². The molecule has 1 saturated heterocycles. The maximum absolute atomic E-state index is 13.8. The Morgan fingerprint density at radius 3 is 2.48 bits per heavy atom. The van der Waals surface area contributed by atoms with Crippen LogP contribution in [-0.4, -0.2) is 19.2 Å². The van der Waals surface area contributed by atoms with Gasteiger partial charge < -0.3 is 10.1 Å². The summed E-state index contributed by atoms with van der Waals surface area (Å²) in [6.45, 7) is 1.15. The molecule has 21 heavy (non-hydrogen) atoms. The standard InChI is InChI=1S/C16H20F3NO/c17-13-7-15(19)14(18)6-12(13)16-9-20-8-11(21-16)5-10-3-1-2-4-10/h6-7,10-11,16,20H,1-5,8-9H2. The number of benzene rings is 1. The van der Waals surface area contributed by atoms with Crippen molar-refractivity contribution in [1.82, 2.24) is 5.32 Å². The number of halogens is 3. The predicted octanol–water partition coefficient (Wildman–Crippen LogP) is 3.71. The Morgan fingerprint density at radius 2 is 1.71 bits per heavy atom. The molecule has 5 heteroatoms. The van der Waals surface area contributed by atoms with Gasteiger partial charge in [0.05, 0.1) is 12.2 Å². The molecule has 1 N–H and O–H groups in total. The summed E-state index contributed by atoms with van der Waals surface area (Å²) in [6, 6.07) is 1.50. The molecule has 1 aliphatic carbocycles. The van der Waals surface area contributed by atoms with Crippen LogP contribution in [-0.2, 0) is 4.74 Å². The molecule has 0 bridgehead atoms. The number of morpholine rings is 1. The fourth-order valence-electron chi connectivity index (χ4n) is 3.43. The zero-order valence-electron chi connectivity index (χ0n) is 11.9. The van der Waals surface area contributed by atoms with Crippen molar-refractivity contribution in [2.24, 2.45) is 5.92 Å². The lowest BCUT2D eigenvalue weighted by atomic mass is 9.98. The zero-order valence-corrected chi connectivity index (χ0v) is 11.9. The van der Waals surface area contributed by atoms with Gasteiger partial charge in [0.1, 0.15) is 5.82 Å². The lowest BCUT2D eigenvalue weighted by molar-refractivity contribution is -0.0504. The largest absolute Gasteiger partial charge is 0.368 e. The first-order valence-electron chi connectivity index (χ1n) is 7.64. The van der Waals surface area contributed by atoms with Crippen molar-refractivity contribution in [1.29, 1.82) is 0 Å². The molecular formula is C16H20F3NO. The normalized spacial score (nSPS) is 27.2. The monoisotopic (exact) mass is 299 g/mol. The fourth-order valence-corrected chi connectivity index (χ4v) is 3.43. The molecular weight excluding hydrogens is 279 g/mol. The highest BCUT2D eigenvalue weighted by molar-refractivity contribution is 5.23. The first-order valence-corrected chi connectivity index (χ1v) is 7.64. The third-order valence-corrected chi connectivity index (χ3v) is 4.52. The SMILES string of the molecule is Fc1cc(F)c(C2CNCC(CC3CCCC3)O2)cc1F. The third-order valence-electron chi connectivity index (χ3n) is 4.52. The maximum Gasteiger partial charge on any atom is 0.161 e. The lowest BCUT2D eigenvalue weighted by Crippen LogP contribution is -2.41. The maximum atomic E-state index is 13.8. The third kappa shape index (κ3) is 3.40. The van der Waals surface area contributed by atoms with Crippen LogP contribution in [0.25, 0.3) is 0 Å². The molecule has 0 radical (unpaired) electrons. The van der Waals surface area contributed by atoms with Gasteiger partial charge >= 0.3 is 0 Å². The molecule has 2 atom stereocenters. The van der Waals surface area contributed by atoms with Crippen molar-refractivity contribution < 1.29 is 17.9 Å². The van der Waals surface area contributed by atoms with E-state index in [1.807, 2.05) is 0 Å². The lowest BCUT2D eigenvalue weighted by Gasteiger charge is -2.32. The Balaban J connectivity index is 1.69. The highest BCUT2D eigenvalue weighted by Gasteiger charge is 2.29. The van der Waals surface area contributed by atoms with E-state index in [0.717, 1.165) is 19.0 Å². The van der Waals surface area contributed by atoms with Crippen LogP contribution in [0.3, 0.4) is 0 Å². The molecule has 1 aromatic carbocycles. The van der Waals surface area contributed by atoms with Gasteiger partial charge in [-0.2, -0.15) is 0 Å². The van der Waals surface area contributed by atoms with Crippen LogP contribution in [0.5, 0.6) is 0 Å². The Bertz CT molecular complexity index is 503. The molecule has 1 saturated carbocycles. The molecule has 1 aromatic rings. The van der Waals surface area contributed by atoms with Gasteiger partial charge in [-0.3, -0.25) is 0 Å². The van der Waals surface area contributed by atoms with Gasteiger partial charge in [0, 0.05) is 24.7 Å². The van der Waals surface area contributed by atoms with E-state index in [1.165, 1.54) is 25.7 Å². The smallest absolute Gasteiger partial charge is 0.161 e. The van der Waals surface area contributed by atoms with Crippen LogP contribution < -0.4 is 5.32 Å². The number of rotatable bonds is 3. The summed E-state index contributed by atoms with van der Waals surface area (Å²) in [7, 11) is 0. The van der Waals surface area contributed by atoms with Crippen molar-refractivity contribution in [2.75, 3.05) is 13.1 Å². The van der Waals surface area contributed by atoms with Crippen molar-refractivity contribution in [3.63, 3.8) is 0 Å². The second kappa shape index (κ2) is 6.36. The van der Waals surface area contributed by atoms with Crippen molar-refractivity contribution in [3.8, 4) is 0 Å². The first-order chi connectivity index (χ1) is 10.1. The molecule has 2 aliphatic rings. The van der Waals surface area contributed by atoms with Gasteiger partial charge in [0.2, 0.25) is 0 Å². The Kier molecular flexibility index (Phi) is 4.50. The van der Waals surface area contributed by atoms with Gasteiger partial charge in [0.15, 0.2) is 11.6 Å². The van der Waals surface area contributed by atoms with E-state index in [0.29, 0.717) is 18.5 Å². The van der Waals surface area contributed by atoms with E-state index >= 15 is 0 Å². The summed E-state index contributed by atoms with van der Waals surface area (Å²) in [5.41, 5.74) is 0.0949. The molecule has 0 spiro atoms. The number of nitrogens with one attached hydrogen (secondary N) is 1. The topological polar surface area (TPSA) is 21.3 Å². The van der Waals surface area contributed by atoms with Gasteiger partial charge in [-0.1, -0.05) is 25.7 Å². The zero-order chi connectivity index (χ0) is 14.8. The Labute approximate surface area is 122 Å². The van der Waals surface area contributed by atoms with E-state index in [-0.39, 0.29) is 11.7 Å². The number of ether oxygens (including phenoxy) is 1. The van der Waals surface area contributed by atoms with Crippen LogP contribution in [0, 0.1) is 23.4 Å². The summed E-state index contributed by atoms with van der Waals surface area (Å²) in [5, 5.41) is 3.21. The molecule has 1 aliphatic heterocycles. The van der Waals surface area contributed by atoms with Crippen LogP contribution in [0.2, 0.25) is 0 Å². The van der Waals surface area contributed by atoms with E-state index in [2.05, 4.69) is 5.32 Å². The predicted molar refractivity (Wildman–Crippen MR) is 73.4 cm³/mol. The molecule has 0 aromatic heterocycles. The van der Waals surface area contributed by atoms with Crippen molar-refractivity contribution in [3.05, 3.63) is 35.1 Å². The van der Waals surface area contributed by atoms with Crippen LogP contribution in [0.15, 0.2) is 12.1 Å². The van der Waals surface area contributed by atoms with Crippen LogP contribution >= 0.6 is 0 Å². The minimum Gasteiger partial charge on any atom is -0.368 e. The van der Waals surface area contributed by atoms with Gasteiger partial charge in [-0.15, -0.1) is 0 Å². The highest BCUT2D eigenvalue weighted by atomic mass is 19.2. The summed E-state index contributed by atoms with van der Waals surface area (Å²) in [5.74, 6) is -2.27. The van der Waals surface area contributed by atoms with E-state index < -0.39 is 23.6 Å². The summed E-state index contributed by atoms with van der Waals surface area (Å²) >= 11 is 0.